The van der Waals surface area contributed by atoms with Crippen LogP contribution in [0, 0.1) is 0 Å². The van der Waals surface area contributed by atoms with Crippen LogP contribution in [-0.2, 0) is 27.5 Å². The number of sulfonamides is 1. The van der Waals surface area contributed by atoms with Crippen LogP contribution in [0.25, 0.3) is 0 Å². The number of halogens is 3. The predicted octanol–water partition coefficient (Wildman–Crippen LogP) is 2.38. The molecular weight excluding hydrogens is 499 g/mol. The van der Waals surface area contributed by atoms with Gasteiger partial charge in [0.15, 0.2) is 0 Å². The van der Waals surface area contributed by atoms with Crippen LogP contribution in [0.5, 0.6) is 0 Å². The van der Waals surface area contributed by atoms with Crippen LogP contribution in [0.4, 0.5) is 13.2 Å². The fourth-order valence-corrected chi connectivity index (χ4v) is 5.97. The molecule has 12 heteroatoms. The summed E-state index contributed by atoms with van der Waals surface area (Å²) in [7, 11) is -3.88. The molecule has 2 aliphatic rings. The molecule has 2 amide bonds. The number of aliphatic hydroxyl groups excluding tert-OH is 1. The van der Waals surface area contributed by atoms with Crippen molar-refractivity contribution in [3.63, 3.8) is 0 Å². The number of alkyl halides is 3. The minimum Gasteiger partial charge on any atom is -0.392 e. The van der Waals surface area contributed by atoms with Crippen molar-refractivity contribution in [3.05, 3.63) is 65.2 Å². The van der Waals surface area contributed by atoms with E-state index in [1.807, 2.05) is 0 Å². The third kappa shape index (κ3) is 5.55. The highest BCUT2D eigenvalue weighted by Crippen LogP contribution is 2.29. The van der Waals surface area contributed by atoms with Gasteiger partial charge >= 0.3 is 6.18 Å². The summed E-state index contributed by atoms with van der Waals surface area (Å²) >= 11 is 0. The van der Waals surface area contributed by atoms with E-state index in [-0.39, 0.29) is 30.1 Å². The second-order valence-electron chi connectivity index (χ2n) is 8.90. The molecule has 0 bridgehead atoms. The van der Waals surface area contributed by atoms with Crippen molar-refractivity contribution in [2.75, 3.05) is 19.6 Å². The summed E-state index contributed by atoms with van der Waals surface area (Å²) in [5, 5.41) is 12.4. The smallest absolute Gasteiger partial charge is 0.392 e. The standard InChI is InChI=1S/C24H26F3N3O5S/c25-24(26,27)18-8-6-16(7-9-18)14-28-22(32)21-5-2-11-30(21)23(33)17-3-1-4-20(13-17)36(34,35)29-12-10-19(31)15-29/h1,3-4,6-9,13,19,21,31H,2,5,10-12,14-15H2,(H,28,32)/t19-,21-/m1/s1. The first-order chi connectivity index (χ1) is 17.0. The Hall–Kier alpha value is -2.96. The van der Waals surface area contributed by atoms with E-state index >= 15 is 0 Å². The first kappa shape index (κ1) is 26.1. The first-order valence-electron chi connectivity index (χ1n) is 11.5. The third-order valence-electron chi connectivity index (χ3n) is 6.41. The van der Waals surface area contributed by atoms with Crippen molar-refractivity contribution in [2.24, 2.45) is 0 Å². The number of carbonyl (C=O) groups excluding carboxylic acids is 2. The van der Waals surface area contributed by atoms with Gasteiger partial charge in [0.05, 0.1) is 16.6 Å². The van der Waals surface area contributed by atoms with Crippen LogP contribution in [0.2, 0.25) is 0 Å². The van der Waals surface area contributed by atoms with Crippen LogP contribution < -0.4 is 5.32 Å². The molecule has 2 fully saturated rings. The number of β-amino-alcohol motifs (C(OH)–C–C–N with tert-alkyl or cyclic N) is 1. The minimum atomic E-state index is -4.45. The summed E-state index contributed by atoms with van der Waals surface area (Å²) in [4.78, 5) is 27.3. The van der Waals surface area contributed by atoms with Crippen molar-refractivity contribution in [3.8, 4) is 0 Å². The molecular formula is C24H26F3N3O5S. The van der Waals surface area contributed by atoms with E-state index in [4.69, 9.17) is 0 Å². The van der Waals surface area contributed by atoms with E-state index in [1.165, 1.54) is 45.6 Å². The van der Waals surface area contributed by atoms with Gasteiger partial charge in [0.1, 0.15) is 6.04 Å². The minimum absolute atomic E-state index is 0.00488. The van der Waals surface area contributed by atoms with E-state index in [2.05, 4.69) is 5.32 Å². The summed E-state index contributed by atoms with van der Waals surface area (Å²) in [6, 6.07) is 9.28. The van der Waals surface area contributed by atoms with Gasteiger partial charge in [-0.05, 0) is 55.2 Å². The molecule has 0 spiro atoms. The van der Waals surface area contributed by atoms with Crippen LogP contribution in [0.1, 0.15) is 40.7 Å². The maximum absolute atomic E-state index is 13.2. The number of amides is 2. The van der Waals surface area contributed by atoms with Crippen molar-refractivity contribution >= 4 is 21.8 Å². The molecule has 2 aliphatic heterocycles. The molecule has 0 radical (unpaired) electrons. The number of benzene rings is 2. The molecule has 8 nitrogen and oxygen atoms in total. The SMILES string of the molecule is O=C(NCc1ccc(C(F)(F)F)cc1)[C@H]1CCCN1C(=O)c1cccc(S(=O)(=O)N2CC[C@@H](O)C2)c1. The number of hydrogen-bond acceptors (Lipinski definition) is 5. The largest absolute Gasteiger partial charge is 0.416 e. The van der Waals surface area contributed by atoms with E-state index in [9.17, 15) is 36.3 Å². The van der Waals surface area contributed by atoms with E-state index in [1.54, 1.807) is 0 Å². The molecule has 2 aromatic carbocycles. The van der Waals surface area contributed by atoms with Gasteiger partial charge in [-0.1, -0.05) is 18.2 Å². The van der Waals surface area contributed by atoms with Crippen LogP contribution in [0.15, 0.2) is 53.4 Å². The molecule has 0 saturated carbocycles. The summed E-state index contributed by atoms with van der Waals surface area (Å²) in [6.07, 6.45) is -3.84. The Morgan fingerprint density at radius 3 is 2.42 bits per heavy atom. The third-order valence-corrected chi connectivity index (χ3v) is 8.27. The second-order valence-corrected chi connectivity index (χ2v) is 10.8. The van der Waals surface area contributed by atoms with Gasteiger partial charge in [0.2, 0.25) is 15.9 Å². The van der Waals surface area contributed by atoms with Gasteiger partial charge < -0.3 is 15.3 Å². The Morgan fingerprint density at radius 2 is 1.78 bits per heavy atom. The molecule has 0 aromatic heterocycles. The Kier molecular flexibility index (Phi) is 7.39. The number of carbonyl (C=O) groups is 2. The average Bonchev–Trinajstić information content (AvgIpc) is 3.51. The fraction of sp³-hybridized carbons (Fsp3) is 0.417. The Morgan fingerprint density at radius 1 is 1.06 bits per heavy atom. The molecule has 0 unspecified atom stereocenters. The number of nitrogens with zero attached hydrogens (tertiary/aromatic N) is 2. The van der Waals surface area contributed by atoms with Gasteiger partial charge in [-0.15, -0.1) is 0 Å². The lowest BCUT2D eigenvalue weighted by molar-refractivity contribution is -0.137. The zero-order valence-electron chi connectivity index (χ0n) is 19.2. The topological polar surface area (TPSA) is 107 Å². The van der Waals surface area contributed by atoms with Gasteiger partial charge in [0.25, 0.3) is 5.91 Å². The summed E-state index contributed by atoms with van der Waals surface area (Å²) in [6.45, 7) is 0.500. The lowest BCUT2D eigenvalue weighted by Gasteiger charge is -2.24. The van der Waals surface area contributed by atoms with Crippen molar-refractivity contribution in [2.45, 2.75) is 49.0 Å². The van der Waals surface area contributed by atoms with Gasteiger partial charge in [-0.2, -0.15) is 17.5 Å². The number of rotatable bonds is 6. The highest BCUT2D eigenvalue weighted by Gasteiger charge is 2.36. The maximum Gasteiger partial charge on any atom is 0.416 e. The first-order valence-corrected chi connectivity index (χ1v) is 12.9. The highest BCUT2D eigenvalue weighted by atomic mass is 32.2. The Labute approximate surface area is 206 Å². The molecule has 2 saturated heterocycles. The fourth-order valence-electron chi connectivity index (χ4n) is 4.43. The number of likely N-dealkylation sites (tertiary alicyclic amines) is 1. The predicted molar refractivity (Wildman–Crippen MR) is 123 cm³/mol. The average molecular weight is 526 g/mol. The second kappa shape index (κ2) is 10.2. The number of nitrogens with one attached hydrogen (secondary N) is 1. The van der Waals surface area contributed by atoms with Gasteiger partial charge in [-0.25, -0.2) is 8.42 Å². The highest BCUT2D eigenvalue weighted by molar-refractivity contribution is 7.89. The normalized spacial score (nSPS) is 21.1. The maximum atomic E-state index is 13.2. The van der Waals surface area contributed by atoms with Crippen molar-refractivity contribution < 1.29 is 36.3 Å². The molecule has 2 N–H and O–H groups in total. The zero-order chi connectivity index (χ0) is 26.1. The number of hydrogen-bond donors (Lipinski definition) is 2. The monoisotopic (exact) mass is 525 g/mol. The Balaban J connectivity index is 1.43. The van der Waals surface area contributed by atoms with E-state index in [0.29, 0.717) is 31.4 Å². The number of aliphatic hydroxyl groups is 1. The van der Waals surface area contributed by atoms with Crippen LogP contribution in [0.3, 0.4) is 0 Å². The molecule has 36 heavy (non-hydrogen) atoms. The van der Waals surface area contributed by atoms with Crippen molar-refractivity contribution in [1.29, 1.82) is 0 Å². The molecule has 2 aromatic rings. The molecule has 194 valence electrons. The molecule has 0 aliphatic carbocycles. The lowest BCUT2D eigenvalue weighted by Crippen LogP contribution is -2.45. The van der Waals surface area contributed by atoms with E-state index < -0.39 is 45.7 Å². The molecule has 2 atom stereocenters. The summed E-state index contributed by atoms with van der Waals surface area (Å²) in [5.41, 5.74) is -0.175. The van der Waals surface area contributed by atoms with Crippen LogP contribution in [-0.4, -0.2) is 66.3 Å². The van der Waals surface area contributed by atoms with Crippen LogP contribution >= 0.6 is 0 Å². The summed E-state index contributed by atoms with van der Waals surface area (Å²) in [5.74, 6) is -0.920. The lowest BCUT2D eigenvalue weighted by atomic mass is 10.1. The van der Waals surface area contributed by atoms with E-state index in [0.717, 1.165) is 12.1 Å². The van der Waals surface area contributed by atoms with Gasteiger partial charge in [-0.3, -0.25) is 9.59 Å². The molecule has 2 heterocycles. The molecule has 4 rings (SSSR count). The quantitative estimate of drug-likeness (QED) is 0.603. The van der Waals surface area contributed by atoms with Gasteiger partial charge in [0, 0.05) is 31.7 Å². The zero-order valence-corrected chi connectivity index (χ0v) is 20.1. The van der Waals surface area contributed by atoms with Crippen molar-refractivity contribution in [1.82, 2.24) is 14.5 Å². The summed E-state index contributed by atoms with van der Waals surface area (Å²) < 4.78 is 65.2. The Bertz CT molecular complexity index is 1230.